The third kappa shape index (κ3) is 8.00. The number of halogens is 3. The molecule has 11 heteroatoms. The number of amides is 1. The number of benzene rings is 1. The SMILES string of the molecule is CC(C)(C(=O)NCC(NCc1ccccc1)c1ccco1)c1cncnc1.O=C(O)C(F)(F)F. The molecule has 8 nitrogen and oxygen atoms in total. The first-order valence-corrected chi connectivity index (χ1v) is 10.2. The summed E-state index contributed by atoms with van der Waals surface area (Å²) >= 11 is 0. The first-order chi connectivity index (χ1) is 16.0. The number of carboxylic acids is 1. The van der Waals surface area contributed by atoms with Gasteiger partial charge in [0.1, 0.15) is 12.1 Å². The van der Waals surface area contributed by atoms with Crippen molar-refractivity contribution in [3.05, 3.63) is 84.3 Å². The molecule has 0 saturated heterocycles. The first-order valence-electron chi connectivity index (χ1n) is 10.2. The van der Waals surface area contributed by atoms with E-state index in [1.807, 2.05) is 44.2 Å². The zero-order valence-electron chi connectivity index (χ0n) is 18.5. The molecule has 0 aliphatic rings. The van der Waals surface area contributed by atoms with E-state index < -0.39 is 17.6 Å². The fraction of sp³-hybridized carbons (Fsp3) is 0.304. The molecular formula is C23H25F3N4O4. The average Bonchev–Trinajstić information content (AvgIpc) is 3.34. The molecule has 0 fully saturated rings. The summed E-state index contributed by atoms with van der Waals surface area (Å²) in [6, 6.07) is 13.7. The van der Waals surface area contributed by atoms with Crippen LogP contribution in [0.1, 0.15) is 36.8 Å². The molecule has 0 spiro atoms. The third-order valence-corrected chi connectivity index (χ3v) is 4.84. The highest BCUT2D eigenvalue weighted by atomic mass is 19.4. The van der Waals surface area contributed by atoms with E-state index in [1.165, 1.54) is 11.9 Å². The number of rotatable bonds is 8. The Hall–Kier alpha value is -3.73. The van der Waals surface area contributed by atoms with Gasteiger partial charge in [-0.05, 0) is 31.5 Å². The van der Waals surface area contributed by atoms with E-state index in [-0.39, 0.29) is 11.9 Å². The molecule has 0 aliphatic carbocycles. The summed E-state index contributed by atoms with van der Waals surface area (Å²) in [5.74, 6) is -2.06. The summed E-state index contributed by atoms with van der Waals surface area (Å²) in [5, 5.41) is 13.6. The van der Waals surface area contributed by atoms with Gasteiger partial charge in [-0.2, -0.15) is 13.2 Å². The largest absolute Gasteiger partial charge is 0.490 e. The zero-order valence-corrected chi connectivity index (χ0v) is 18.5. The number of furan rings is 1. The highest BCUT2D eigenvalue weighted by molar-refractivity contribution is 5.87. The molecule has 0 radical (unpaired) electrons. The van der Waals surface area contributed by atoms with E-state index >= 15 is 0 Å². The van der Waals surface area contributed by atoms with Crippen LogP contribution in [0.3, 0.4) is 0 Å². The van der Waals surface area contributed by atoms with Crippen molar-refractivity contribution in [3.8, 4) is 0 Å². The summed E-state index contributed by atoms with van der Waals surface area (Å²) in [6.07, 6.45) is 1.35. The van der Waals surface area contributed by atoms with Gasteiger partial charge >= 0.3 is 12.1 Å². The summed E-state index contributed by atoms with van der Waals surface area (Å²) in [5.41, 5.74) is 1.21. The van der Waals surface area contributed by atoms with E-state index in [2.05, 4.69) is 32.7 Å². The normalized spacial score (nSPS) is 12.3. The Bertz CT molecular complexity index is 1030. The fourth-order valence-corrected chi connectivity index (χ4v) is 2.77. The Kier molecular flexibility index (Phi) is 9.31. The summed E-state index contributed by atoms with van der Waals surface area (Å²) in [4.78, 5) is 29.7. The second-order valence-corrected chi connectivity index (χ2v) is 7.70. The Morgan fingerprint density at radius 3 is 2.21 bits per heavy atom. The smallest absolute Gasteiger partial charge is 0.475 e. The zero-order chi connectivity index (χ0) is 25.2. The van der Waals surface area contributed by atoms with Gasteiger partial charge in [-0.1, -0.05) is 30.3 Å². The highest BCUT2D eigenvalue weighted by Crippen LogP contribution is 2.22. The molecule has 182 valence electrons. The number of aliphatic carboxylic acids is 1. The van der Waals surface area contributed by atoms with Crippen LogP contribution in [0.15, 0.2) is 71.9 Å². The molecule has 3 rings (SSSR count). The Labute approximate surface area is 194 Å². The van der Waals surface area contributed by atoms with Gasteiger partial charge in [0.25, 0.3) is 0 Å². The van der Waals surface area contributed by atoms with E-state index in [1.54, 1.807) is 18.7 Å². The molecule has 2 heterocycles. The summed E-state index contributed by atoms with van der Waals surface area (Å²) in [7, 11) is 0. The minimum Gasteiger partial charge on any atom is -0.475 e. The van der Waals surface area contributed by atoms with Crippen LogP contribution in [0.2, 0.25) is 0 Å². The second kappa shape index (κ2) is 11.9. The Morgan fingerprint density at radius 2 is 1.68 bits per heavy atom. The molecule has 1 aromatic carbocycles. The molecule has 3 N–H and O–H groups in total. The number of nitrogens with zero attached hydrogens (tertiary/aromatic N) is 2. The van der Waals surface area contributed by atoms with Crippen molar-refractivity contribution >= 4 is 11.9 Å². The van der Waals surface area contributed by atoms with Crippen molar-refractivity contribution in [3.63, 3.8) is 0 Å². The molecule has 34 heavy (non-hydrogen) atoms. The quantitative estimate of drug-likeness (QED) is 0.453. The molecule has 0 aliphatic heterocycles. The van der Waals surface area contributed by atoms with Crippen LogP contribution in [-0.2, 0) is 21.5 Å². The van der Waals surface area contributed by atoms with E-state index in [9.17, 15) is 18.0 Å². The van der Waals surface area contributed by atoms with Gasteiger partial charge in [-0.25, -0.2) is 14.8 Å². The van der Waals surface area contributed by atoms with Crippen molar-refractivity contribution < 1.29 is 32.3 Å². The van der Waals surface area contributed by atoms with Gasteiger partial charge < -0.3 is 20.2 Å². The van der Waals surface area contributed by atoms with Gasteiger partial charge in [0.2, 0.25) is 5.91 Å². The number of hydrogen-bond acceptors (Lipinski definition) is 6. The van der Waals surface area contributed by atoms with Gasteiger partial charge in [0, 0.05) is 31.0 Å². The predicted octanol–water partition coefficient (Wildman–Crippen LogP) is 3.63. The number of carbonyl (C=O) groups is 2. The van der Waals surface area contributed by atoms with Gasteiger partial charge in [-0.15, -0.1) is 0 Å². The number of hydrogen-bond donors (Lipinski definition) is 3. The lowest BCUT2D eigenvalue weighted by molar-refractivity contribution is -0.192. The maximum absolute atomic E-state index is 12.8. The van der Waals surface area contributed by atoms with Gasteiger partial charge in [0.05, 0.1) is 17.7 Å². The number of nitrogens with one attached hydrogen (secondary N) is 2. The molecule has 0 saturated carbocycles. The Morgan fingerprint density at radius 1 is 1.06 bits per heavy atom. The maximum Gasteiger partial charge on any atom is 0.490 e. The van der Waals surface area contributed by atoms with Crippen LogP contribution in [0.4, 0.5) is 13.2 Å². The molecule has 1 unspecified atom stereocenters. The lowest BCUT2D eigenvalue weighted by atomic mass is 9.85. The fourth-order valence-electron chi connectivity index (χ4n) is 2.77. The maximum atomic E-state index is 12.8. The monoisotopic (exact) mass is 478 g/mol. The van der Waals surface area contributed by atoms with Crippen LogP contribution in [0.25, 0.3) is 0 Å². The average molecular weight is 478 g/mol. The third-order valence-electron chi connectivity index (χ3n) is 4.84. The second-order valence-electron chi connectivity index (χ2n) is 7.70. The standard InChI is InChI=1S/C21H24N4O2.C2HF3O2/c1-21(2,17-12-22-15-23-13-17)20(26)25-14-18(19-9-6-10-27-19)24-11-16-7-4-3-5-8-16;3-2(4,5)1(6)7/h3-10,12-13,15,18,24H,11,14H2,1-2H3,(H,25,26);(H,6,7). The van der Waals surface area contributed by atoms with Gasteiger partial charge in [0.15, 0.2) is 0 Å². The summed E-state index contributed by atoms with van der Waals surface area (Å²) < 4.78 is 37.3. The van der Waals surface area contributed by atoms with Crippen LogP contribution >= 0.6 is 0 Å². The topological polar surface area (TPSA) is 117 Å². The number of alkyl halides is 3. The van der Waals surface area contributed by atoms with Crippen LogP contribution in [-0.4, -0.2) is 39.7 Å². The summed E-state index contributed by atoms with van der Waals surface area (Å²) in [6.45, 7) is 4.81. The minimum atomic E-state index is -5.08. The van der Waals surface area contributed by atoms with Gasteiger partial charge in [-0.3, -0.25) is 4.79 Å². The first kappa shape index (κ1) is 26.5. The van der Waals surface area contributed by atoms with E-state index in [0.717, 1.165) is 11.3 Å². The Balaban J connectivity index is 0.000000509. The molecular weight excluding hydrogens is 453 g/mol. The highest BCUT2D eigenvalue weighted by Gasteiger charge is 2.38. The lowest BCUT2D eigenvalue weighted by Crippen LogP contribution is -2.43. The van der Waals surface area contributed by atoms with Crippen LogP contribution in [0, 0.1) is 0 Å². The molecule has 0 bridgehead atoms. The molecule has 3 aromatic rings. The molecule has 1 amide bonds. The van der Waals surface area contributed by atoms with Crippen LogP contribution < -0.4 is 10.6 Å². The predicted molar refractivity (Wildman–Crippen MR) is 116 cm³/mol. The number of aromatic nitrogens is 2. The van der Waals surface area contributed by atoms with Crippen molar-refractivity contribution in [2.45, 2.75) is 38.0 Å². The minimum absolute atomic E-state index is 0.0876. The van der Waals surface area contributed by atoms with Crippen molar-refractivity contribution in [1.29, 1.82) is 0 Å². The van der Waals surface area contributed by atoms with Crippen molar-refractivity contribution in [1.82, 2.24) is 20.6 Å². The number of carbonyl (C=O) groups excluding carboxylic acids is 1. The lowest BCUT2D eigenvalue weighted by Gasteiger charge is -2.25. The van der Waals surface area contributed by atoms with E-state index in [0.29, 0.717) is 13.1 Å². The van der Waals surface area contributed by atoms with E-state index in [4.69, 9.17) is 14.3 Å². The van der Waals surface area contributed by atoms with Crippen LogP contribution in [0.5, 0.6) is 0 Å². The molecule has 1 atom stereocenters. The number of carboxylic acid groups (broad SMARTS) is 1. The van der Waals surface area contributed by atoms with Crippen molar-refractivity contribution in [2.75, 3.05) is 6.54 Å². The van der Waals surface area contributed by atoms with Crippen molar-refractivity contribution in [2.24, 2.45) is 0 Å². The molecule has 2 aromatic heterocycles.